The maximum Gasteiger partial charge on any atom is 0.136 e. The quantitative estimate of drug-likeness (QED) is 0.753. The van der Waals surface area contributed by atoms with Crippen LogP contribution in [-0.4, -0.2) is 21.2 Å². The lowest BCUT2D eigenvalue weighted by Crippen LogP contribution is -2.27. The van der Waals surface area contributed by atoms with E-state index in [0.717, 1.165) is 11.5 Å². The molecule has 0 saturated heterocycles. The number of aromatic nitrogens is 1. The van der Waals surface area contributed by atoms with Crippen molar-refractivity contribution in [3.05, 3.63) is 65.5 Å². The topological polar surface area (TPSA) is 20.5 Å². The number of rotatable bonds is 1. The van der Waals surface area contributed by atoms with Gasteiger partial charge in [0, 0.05) is 35.4 Å². The van der Waals surface area contributed by atoms with Gasteiger partial charge in [-0.05, 0) is 44.6 Å². The summed E-state index contributed by atoms with van der Waals surface area (Å²) in [5, 5.41) is 1.28. The van der Waals surface area contributed by atoms with Gasteiger partial charge in [0.2, 0.25) is 0 Å². The fourth-order valence-electron chi connectivity index (χ4n) is 3.71. The highest BCUT2D eigenvalue weighted by Gasteiger charge is 2.31. The number of fused-ring (bicyclic) bond motifs is 2. The van der Waals surface area contributed by atoms with Crippen molar-refractivity contribution in [3.8, 4) is 0 Å². The Labute approximate surface area is 136 Å². The predicted octanol–water partition coefficient (Wildman–Crippen LogP) is 4.62. The average Bonchev–Trinajstić information content (AvgIpc) is 2.97. The summed E-state index contributed by atoms with van der Waals surface area (Å²) in [6, 6.07) is 8.77. The molecule has 2 aliphatic heterocycles. The molecule has 0 amide bonds. The summed E-state index contributed by atoms with van der Waals surface area (Å²) in [7, 11) is 2.10. The number of benzene rings is 1. The third-order valence-corrected chi connectivity index (χ3v) is 5.02. The van der Waals surface area contributed by atoms with E-state index in [1.165, 1.54) is 27.7 Å². The molecule has 3 nitrogen and oxygen atoms in total. The number of hydrogen-bond donors (Lipinski definition) is 0. The summed E-state index contributed by atoms with van der Waals surface area (Å²) in [5.74, 6) is 1.06. The van der Waals surface area contributed by atoms with Gasteiger partial charge in [-0.25, -0.2) is 4.99 Å². The number of aliphatic imine (C=N–C) groups is 1. The highest BCUT2D eigenvalue weighted by molar-refractivity contribution is 6.08. The van der Waals surface area contributed by atoms with Crippen molar-refractivity contribution in [2.75, 3.05) is 0 Å². The monoisotopic (exact) mass is 303 g/mol. The molecule has 116 valence electrons. The molecule has 2 aromatic rings. The zero-order valence-electron chi connectivity index (χ0n) is 14.0. The Bertz CT molecular complexity index is 883. The first-order valence-corrected chi connectivity index (χ1v) is 8.06. The van der Waals surface area contributed by atoms with Crippen molar-refractivity contribution >= 4 is 22.4 Å². The fraction of sp³-hybridized carbons (Fsp3) is 0.250. The molecule has 0 spiro atoms. The predicted molar refractivity (Wildman–Crippen MR) is 97.0 cm³/mol. The van der Waals surface area contributed by atoms with Crippen LogP contribution in [0.25, 0.3) is 10.9 Å². The summed E-state index contributed by atoms with van der Waals surface area (Å²) in [5.41, 5.74) is 6.16. The highest BCUT2D eigenvalue weighted by Crippen LogP contribution is 2.35. The minimum atomic E-state index is 0.267. The Morgan fingerprint density at radius 1 is 1.09 bits per heavy atom. The molecule has 1 aromatic carbocycles. The largest absolute Gasteiger partial charge is 0.339 e. The molecular formula is C20H21N3. The van der Waals surface area contributed by atoms with Crippen LogP contribution in [0.3, 0.4) is 0 Å². The zero-order chi connectivity index (χ0) is 16.1. The van der Waals surface area contributed by atoms with Gasteiger partial charge in [-0.2, -0.15) is 0 Å². The van der Waals surface area contributed by atoms with Crippen molar-refractivity contribution in [2.24, 2.45) is 12.0 Å². The third kappa shape index (κ3) is 1.93. The highest BCUT2D eigenvalue weighted by atomic mass is 15.2. The lowest BCUT2D eigenvalue weighted by atomic mass is 10.1. The molecule has 1 aromatic heterocycles. The van der Waals surface area contributed by atoms with Crippen molar-refractivity contribution in [3.63, 3.8) is 0 Å². The van der Waals surface area contributed by atoms with Gasteiger partial charge in [-0.1, -0.05) is 24.3 Å². The number of hydrogen-bond acceptors (Lipinski definition) is 2. The van der Waals surface area contributed by atoms with Crippen LogP contribution in [-0.2, 0) is 7.05 Å². The van der Waals surface area contributed by atoms with E-state index in [0.29, 0.717) is 0 Å². The lowest BCUT2D eigenvalue weighted by molar-refractivity contribution is 0.462. The first-order chi connectivity index (χ1) is 11.1. The maximum absolute atomic E-state index is 5.09. The lowest BCUT2D eigenvalue weighted by Gasteiger charge is -2.23. The van der Waals surface area contributed by atoms with Crippen LogP contribution in [0.1, 0.15) is 19.4 Å². The molecule has 3 heterocycles. The first kappa shape index (κ1) is 14.1. The van der Waals surface area contributed by atoms with Crippen LogP contribution in [0, 0.1) is 6.92 Å². The van der Waals surface area contributed by atoms with Gasteiger partial charge < -0.3 is 9.47 Å². The molecule has 4 rings (SSSR count). The molecule has 0 bridgehead atoms. The Hall–Kier alpha value is -2.55. The van der Waals surface area contributed by atoms with Gasteiger partial charge in [-0.3, -0.25) is 0 Å². The summed E-state index contributed by atoms with van der Waals surface area (Å²) in [6.45, 7) is 6.56. The van der Waals surface area contributed by atoms with E-state index >= 15 is 0 Å². The minimum absolute atomic E-state index is 0.267. The summed E-state index contributed by atoms with van der Waals surface area (Å²) < 4.78 is 2.20. The van der Waals surface area contributed by atoms with Crippen LogP contribution in [0.2, 0.25) is 0 Å². The molecule has 23 heavy (non-hydrogen) atoms. The summed E-state index contributed by atoms with van der Waals surface area (Å²) in [6.07, 6.45) is 8.48. The van der Waals surface area contributed by atoms with Gasteiger partial charge in [-0.15, -0.1) is 0 Å². The number of aryl methyl sites for hydroxylation is 2. The van der Waals surface area contributed by atoms with E-state index in [9.17, 15) is 0 Å². The Kier molecular flexibility index (Phi) is 3.05. The standard InChI is InChI=1S/C20H21N3/c1-13-16-9-5-6-11-18(16)22(4)20(13)21-19-14(2)17-10-7-8-12-23(17)15(19)3/h5-12,15H,1-4H3. The van der Waals surface area contributed by atoms with Gasteiger partial charge in [0.05, 0.1) is 11.8 Å². The van der Waals surface area contributed by atoms with Crippen molar-refractivity contribution in [1.82, 2.24) is 9.47 Å². The van der Waals surface area contributed by atoms with E-state index in [4.69, 9.17) is 4.99 Å². The van der Waals surface area contributed by atoms with Crippen LogP contribution in [0.5, 0.6) is 0 Å². The average molecular weight is 303 g/mol. The molecule has 0 fully saturated rings. The van der Waals surface area contributed by atoms with Crippen LogP contribution < -0.4 is 0 Å². The Morgan fingerprint density at radius 3 is 2.61 bits per heavy atom. The Morgan fingerprint density at radius 2 is 1.87 bits per heavy atom. The summed E-state index contributed by atoms with van der Waals surface area (Å²) >= 11 is 0. The molecule has 3 heteroatoms. The van der Waals surface area contributed by atoms with Gasteiger partial charge in [0.1, 0.15) is 5.82 Å². The minimum Gasteiger partial charge on any atom is -0.339 e. The SMILES string of the molecule is CC1=C2C=CC=CN2C(C)C1=Nc1c(C)c2ccccc2n1C. The van der Waals surface area contributed by atoms with Crippen molar-refractivity contribution in [1.29, 1.82) is 0 Å². The first-order valence-electron chi connectivity index (χ1n) is 8.06. The summed E-state index contributed by atoms with van der Waals surface area (Å²) in [4.78, 5) is 7.39. The van der Waals surface area contributed by atoms with Crippen molar-refractivity contribution < 1.29 is 0 Å². The second-order valence-electron chi connectivity index (χ2n) is 6.32. The van der Waals surface area contributed by atoms with E-state index in [-0.39, 0.29) is 6.04 Å². The second-order valence-corrected chi connectivity index (χ2v) is 6.32. The molecular weight excluding hydrogens is 282 g/mol. The van der Waals surface area contributed by atoms with Gasteiger partial charge >= 0.3 is 0 Å². The maximum atomic E-state index is 5.09. The molecule has 2 aliphatic rings. The third-order valence-electron chi connectivity index (χ3n) is 5.02. The van der Waals surface area contributed by atoms with E-state index in [1.54, 1.807) is 0 Å². The van der Waals surface area contributed by atoms with Crippen LogP contribution in [0.15, 0.2) is 65.0 Å². The zero-order valence-corrected chi connectivity index (χ0v) is 14.0. The van der Waals surface area contributed by atoms with Crippen LogP contribution >= 0.6 is 0 Å². The molecule has 0 radical (unpaired) electrons. The van der Waals surface area contributed by atoms with E-state index in [1.807, 2.05) is 0 Å². The van der Waals surface area contributed by atoms with Crippen LogP contribution in [0.4, 0.5) is 5.82 Å². The second kappa shape index (κ2) is 4.98. The smallest absolute Gasteiger partial charge is 0.136 e. The number of para-hydroxylation sites is 1. The molecule has 0 aliphatic carbocycles. The van der Waals surface area contributed by atoms with Gasteiger partial charge in [0.25, 0.3) is 0 Å². The fourth-order valence-corrected chi connectivity index (χ4v) is 3.71. The van der Waals surface area contributed by atoms with E-state index in [2.05, 4.69) is 86.0 Å². The van der Waals surface area contributed by atoms with Crippen molar-refractivity contribution in [2.45, 2.75) is 26.8 Å². The normalized spacial score (nSPS) is 21.8. The van der Waals surface area contributed by atoms with Gasteiger partial charge in [0.15, 0.2) is 0 Å². The number of nitrogens with zero attached hydrogens (tertiary/aromatic N) is 3. The Balaban J connectivity index is 1.90. The molecule has 0 N–H and O–H groups in total. The number of allylic oxidation sites excluding steroid dienone is 3. The molecule has 0 saturated carbocycles. The molecule has 1 unspecified atom stereocenters. The van der Waals surface area contributed by atoms with E-state index < -0.39 is 0 Å². The molecule has 1 atom stereocenters.